The maximum atomic E-state index is 3.25. The van der Waals surface area contributed by atoms with Crippen molar-refractivity contribution in [3.8, 4) is 11.1 Å². The third-order valence-corrected chi connectivity index (χ3v) is 4.32. The van der Waals surface area contributed by atoms with E-state index in [9.17, 15) is 0 Å². The van der Waals surface area contributed by atoms with E-state index in [0.29, 0.717) is 0 Å². The van der Waals surface area contributed by atoms with E-state index in [2.05, 4.69) is 56.3 Å². The molecule has 0 N–H and O–H groups in total. The van der Waals surface area contributed by atoms with Crippen molar-refractivity contribution in [2.45, 2.75) is 32.1 Å². The minimum Gasteiger partial charge on any atom is -0.183 e. The summed E-state index contributed by atoms with van der Waals surface area (Å²) in [5.41, 5.74) is 6.00. The van der Waals surface area contributed by atoms with Crippen LogP contribution in [0.2, 0.25) is 0 Å². The van der Waals surface area contributed by atoms with Crippen LogP contribution in [-0.2, 0) is 5.41 Å². The second-order valence-corrected chi connectivity index (χ2v) is 4.81. The Kier molecular flexibility index (Phi) is 3.71. The third kappa shape index (κ3) is 1.60. The zero-order chi connectivity index (χ0) is 11.9. The predicted molar refractivity (Wildman–Crippen MR) is 72.1 cm³/mol. The maximum absolute atomic E-state index is 3.25. The van der Waals surface area contributed by atoms with Crippen LogP contribution in [0.3, 0.4) is 0 Å². The van der Waals surface area contributed by atoms with Gasteiger partial charge in [0.25, 0.3) is 0 Å². The van der Waals surface area contributed by atoms with E-state index in [-0.39, 0.29) is 24.3 Å². The first kappa shape index (κ1) is 13.5. The molecule has 0 aliphatic heterocycles. The van der Waals surface area contributed by atoms with Crippen LogP contribution in [0.25, 0.3) is 11.1 Å². The molecule has 0 amide bonds. The average Bonchev–Trinajstić information content (AvgIpc) is 2.70. The van der Waals surface area contributed by atoms with Gasteiger partial charge in [-0.3, -0.25) is 0 Å². The molecule has 1 aliphatic carbocycles. The smallest absolute Gasteiger partial charge is 0.183 e. The summed E-state index contributed by atoms with van der Waals surface area (Å²) in [6, 6.07) is 18.5. The van der Waals surface area contributed by atoms with Gasteiger partial charge in [0.2, 0.25) is 0 Å². The van der Waals surface area contributed by atoms with Crippen LogP contribution in [0.4, 0.5) is 0 Å². The Hall–Kier alpha value is -0.963. The van der Waals surface area contributed by atoms with E-state index in [1.54, 1.807) is 0 Å². The van der Waals surface area contributed by atoms with Crippen molar-refractivity contribution in [2.75, 3.05) is 0 Å². The summed E-state index contributed by atoms with van der Waals surface area (Å²) >= 11 is 0. The van der Waals surface area contributed by atoms with Crippen molar-refractivity contribution in [2.24, 2.45) is 0 Å². The fraction of sp³-hybridized carbons (Fsp3) is 0.294. The Morgan fingerprint density at radius 2 is 1.61 bits per heavy atom. The van der Waals surface area contributed by atoms with Gasteiger partial charge in [0.15, 0.2) is 0 Å². The summed E-state index contributed by atoms with van der Waals surface area (Å²) in [5.74, 6) is 0. The van der Waals surface area contributed by atoms with Gasteiger partial charge in [0.1, 0.15) is 0 Å². The Morgan fingerprint density at radius 3 is 2.33 bits per heavy atom. The maximum Gasteiger partial charge on any atom is 1.00 e. The number of fused-ring (bicyclic) bond motifs is 3. The van der Waals surface area contributed by atoms with E-state index < -0.39 is 0 Å². The second-order valence-electron chi connectivity index (χ2n) is 4.81. The number of hydrogen-bond acceptors (Lipinski definition) is 0. The average molecular weight is 228 g/mol. The van der Waals surface area contributed by atoms with Crippen molar-refractivity contribution in [3.63, 3.8) is 0 Å². The fourth-order valence-electron chi connectivity index (χ4n) is 3.35. The van der Waals surface area contributed by atoms with E-state index in [1.165, 1.54) is 22.3 Å². The minimum atomic E-state index is 0. The first-order chi connectivity index (χ1) is 8.33. The molecule has 0 saturated heterocycles. The van der Waals surface area contributed by atoms with Gasteiger partial charge in [-0.25, -0.2) is 0 Å². The molecule has 2 aromatic rings. The molecule has 0 unspecified atom stereocenters. The number of benzene rings is 2. The Balaban J connectivity index is 0.00000120. The summed E-state index contributed by atoms with van der Waals surface area (Å²) in [6.07, 6.45) is 2.32. The topological polar surface area (TPSA) is 0 Å². The molecule has 1 aliphatic rings. The minimum absolute atomic E-state index is 0. The standard InChI is InChI=1S/C17H17.Li/c1-3-17(4-2)15-11-7-5-9-13(15)14-10-6-8-12-16(14)17;/h5-7,9-12H,3-4H2,1-2H3;/q-1;+1. The quantitative estimate of drug-likeness (QED) is 0.541. The van der Waals surface area contributed by atoms with Gasteiger partial charge in [0, 0.05) is 0 Å². The molecule has 0 spiro atoms. The second kappa shape index (κ2) is 4.96. The molecule has 3 rings (SSSR count). The SMILES string of the molecule is CCC1(CC)c2c[c-]ccc2-c2ccccc21.[Li+]. The molecule has 0 fully saturated rings. The number of hydrogen-bond donors (Lipinski definition) is 0. The van der Waals surface area contributed by atoms with Gasteiger partial charge >= 0.3 is 18.9 Å². The van der Waals surface area contributed by atoms with E-state index in [1.807, 2.05) is 6.07 Å². The molecule has 86 valence electrons. The first-order valence-electron chi connectivity index (χ1n) is 6.44. The molecule has 18 heavy (non-hydrogen) atoms. The van der Waals surface area contributed by atoms with Crippen molar-refractivity contribution in [3.05, 3.63) is 59.7 Å². The molecule has 0 saturated carbocycles. The van der Waals surface area contributed by atoms with Crippen LogP contribution in [0.5, 0.6) is 0 Å². The van der Waals surface area contributed by atoms with Crippen molar-refractivity contribution < 1.29 is 18.9 Å². The van der Waals surface area contributed by atoms with Gasteiger partial charge in [-0.05, 0) is 16.5 Å². The summed E-state index contributed by atoms with van der Waals surface area (Å²) in [5, 5.41) is 0. The molecule has 0 radical (unpaired) electrons. The van der Waals surface area contributed by atoms with Gasteiger partial charge in [-0.2, -0.15) is 24.3 Å². The molecular formula is C17H17Li. The Labute approximate surface area is 122 Å². The van der Waals surface area contributed by atoms with Gasteiger partial charge in [-0.1, -0.05) is 51.0 Å². The van der Waals surface area contributed by atoms with Gasteiger partial charge < -0.3 is 0 Å². The van der Waals surface area contributed by atoms with Crippen LogP contribution >= 0.6 is 0 Å². The van der Waals surface area contributed by atoms with E-state index in [0.717, 1.165) is 12.8 Å². The van der Waals surface area contributed by atoms with E-state index >= 15 is 0 Å². The largest absolute Gasteiger partial charge is 1.00 e. The molecule has 0 nitrogen and oxygen atoms in total. The monoisotopic (exact) mass is 228 g/mol. The molecule has 0 aromatic heterocycles. The summed E-state index contributed by atoms with van der Waals surface area (Å²) < 4.78 is 0. The van der Waals surface area contributed by atoms with E-state index in [4.69, 9.17) is 0 Å². The first-order valence-corrected chi connectivity index (χ1v) is 6.44. The van der Waals surface area contributed by atoms with Crippen molar-refractivity contribution in [1.29, 1.82) is 0 Å². The molecule has 0 atom stereocenters. The van der Waals surface area contributed by atoms with Crippen LogP contribution in [0, 0.1) is 6.07 Å². The fourth-order valence-corrected chi connectivity index (χ4v) is 3.35. The molecule has 0 heterocycles. The van der Waals surface area contributed by atoms with Gasteiger partial charge in [0.05, 0.1) is 0 Å². The molecule has 1 heteroatoms. The zero-order valence-corrected chi connectivity index (χ0v) is 11.5. The van der Waals surface area contributed by atoms with Crippen LogP contribution < -0.4 is 18.9 Å². The number of rotatable bonds is 2. The molecular weight excluding hydrogens is 211 g/mol. The third-order valence-electron chi connectivity index (χ3n) is 4.32. The summed E-state index contributed by atoms with van der Waals surface area (Å²) in [4.78, 5) is 0. The zero-order valence-electron chi connectivity index (χ0n) is 11.5. The Morgan fingerprint density at radius 1 is 0.944 bits per heavy atom. The van der Waals surface area contributed by atoms with Gasteiger partial charge in [-0.15, -0.1) is 11.1 Å². The normalized spacial score (nSPS) is 14.6. The predicted octanol–water partition coefficient (Wildman–Crippen LogP) is 1.58. The van der Waals surface area contributed by atoms with Crippen LogP contribution in [-0.4, -0.2) is 0 Å². The molecule has 2 aromatic carbocycles. The summed E-state index contributed by atoms with van der Waals surface area (Å²) in [6.45, 7) is 4.59. The van der Waals surface area contributed by atoms with Crippen LogP contribution in [0.15, 0.2) is 42.5 Å². The summed E-state index contributed by atoms with van der Waals surface area (Å²) in [7, 11) is 0. The Bertz CT molecular complexity index is 506. The van der Waals surface area contributed by atoms with Crippen LogP contribution in [0.1, 0.15) is 37.8 Å². The molecule has 0 bridgehead atoms. The van der Waals surface area contributed by atoms with Crippen molar-refractivity contribution in [1.82, 2.24) is 0 Å². The van der Waals surface area contributed by atoms with Crippen molar-refractivity contribution >= 4 is 0 Å².